The van der Waals surface area contributed by atoms with Gasteiger partial charge in [-0.1, -0.05) is 62.3 Å². The van der Waals surface area contributed by atoms with Crippen LogP contribution in [-0.4, -0.2) is 0 Å². The van der Waals surface area contributed by atoms with Gasteiger partial charge >= 0.3 is 0 Å². The van der Waals surface area contributed by atoms with Crippen molar-refractivity contribution in [3.63, 3.8) is 0 Å². The zero-order valence-corrected chi connectivity index (χ0v) is 17.0. The van der Waals surface area contributed by atoms with Crippen molar-refractivity contribution in [2.24, 2.45) is 6.66 Å². The minimum absolute atomic E-state index is 0.0806. The van der Waals surface area contributed by atoms with Gasteiger partial charge in [-0.3, -0.25) is 0 Å². The van der Waals surface area contributed by atoms with Crippen molar-refractivity contribution in [3.8, 4) is 0 Å². The topological polar surface area (TPSA) is 0 Å². The maximum absolute atomic E-state index is 2.48. The Bertz CT molecular complexity index is 433. The molecule has 0 atom stereocenters. The van der Waals surface area contributed by atoms with Crippen molar-refractivity contribution in [2.75, 3.05) is 0 Å². The molecule has 0 saturated carbocycles. The number of hydrogen-bond acceptors (Lipinski definition) is 0. The van der Waals surface area contributed by atoms with Gasteiger partial charge in [-0.2, -0.15) is 0 Å². The molecule has 19 heavy (non-hydrogen) atoms. The zero-order chi connectivity index (χ0) is 15.2. The van der Waals surface area contributed by atoms with E-state index in [9.17, 15) is 0 Å². The monoisotopic (exact) mass is 315 g/mol. The molecule has 0 fully saturated rings. The molecule has 0 aliphatic rings. The lowest BCUT2D eigenvalue weighted by atomic mass is 10.00. The van der Waals surface area contributed by atoms with Gasteiger partial charge in [0, 0.05) is 30.4 Å². The van der Waals surface area contributed by atoms with E-state index < -0.39 is 0 Å². The number of rotatable bonds is 0. The highest BCUT2D eigenvalue weighted by Gasteiger charge is 2.35. The van der Waals surface area contributed by atoms with Crippen LogP contribution in [0.5, 0.6) is 0 Å². The second-order valence-electron chi connectivity index (χ2n) is 8.50. The fourth-order valence-corrected chi connectivity index (χ4v) is 10.0. The summed E-state index contributed by atoms with van der Waals surface area (Å²) in [5.74, 6) is 0. The van der Waals surface area contributed by atoms with E-state index >= 15 is 0 Å². The van der Waals surface area contributed by atoms with E-state index in [0.29, 0.717) is 16.2 Å². The lowest BCUT2D eigenvalue weighted by Crippen LogP contribution is -2.15. The third-order valence-corrected chi connectivity index (χ3v) is 12.2. The minimum Gasteiger partial charge on any atom is -0.0532 e. The fraction of sp³-hybridized carbons (Fsp3) is 0.812. The van der Waals surface area contributed by atoms with Crippen LogP contribution in [-0.2, 0) is 22.9 Å². The molecular weight excluding hydrogens is 285 g/mol. The predicted molar refractivity (Wildman–Crippen MR) is 95.7 cm³/mol. The van der Waals surface area contributed by atoms with Crippen molar-refractivity contribution in [1.82, 2.24) is 0 Å². The van der Waals surface area contributed by atoms with Crippen molar-refractivity contribution in [2.45, 2.75) is 78.6 Å². The molecule has 0 bridgehead atoms. The van der Waals surface area contributed by atoms with Gasteiger partial charge in [0.05, 0.1) is 0 Å². The SMILES string of the molecule is C[p+]1c(C(C)(C)C)pc(C(C)(C)C)pc1C(C)(C)C. The molecule has 1 heterocycles. The van der Waals surface area contributed by atoms with E-state index in [1.807, 2.05) is 0 Å². The van der Waals surface area contributed by atoms with Crippen molar-refractivity contribution in [1.29, 1.82) is 0 Å². The Morgan fingerprint density at radius 1 is 0.632 bits per heavy atom. The van der Waals surface area contributed by atoms with E-state index in [0.717, 1.165) is 0 Å². The highest BCUT2D eigenvalue weighted by molar-refractivity contribution is 7.68. The molecule has 0 nitrogen and oxygen atoms in total. The van der Waals surface area contributed by atoms with Gasteiger partial charge in [-0.25, -0.2) is 0 Å². The second-order valence-corrected chi connectivity index (χ2v) is 13.8. The summed E-state index contributed by atoms with van der Waals surface area (Å²) < 4.78 is 0. The van der Waals surface area contributed by atoms with Gasteiger partial charge < -0.3 is 0 Å². The Kier molecular flexibility index (Phi) is 4.96. The van der Waals surface area contributed by atoms with Gasteiger partial charge in [0.1, 0.15) is 31.5 Å². The first kappa shape index (κ1) is 17.6. The first-order valence-electron chi connectivity index (χ1n) is 7.04. The molecule has 0 amide bonds. The van der Waals surface area contributed by atoms with E-state index in [-0.39, 0.29) is 7.53 Å². The lowest BCUT2D eigenvalue weighted by molar-refractivity contribution is 0.600. The Balaban J connectivity index is 3.68. The fourth-order valence-electron chi connectivity index (χ4n) is 2.15. The average Bonchev–Trinajstić information content (AvgIpc) is 2.11. The molecule has 0 aromatic carbocycles. The van der Waals surface area contributed by atoms with Crippen LogP contribution in [0.2, 0.25) is 0 Å². The summed E-state index contributed by atoms with van der Waals surface area (Å²) in [6.07, 6.45) is 0. The van der Waals surface area contributed by atoms with E-state index in [4.69, 9.17) is 0 Å². The highest BCUT2D eigenvalue weighted by Crippen LogP contribution is 2.57. The summed E-state index contributed by atoms with van der Waals surface area (Å²) in [5, 5.41) is 5.20. The van der Waals surface area contributed by atoms with Crippen molar-refractivity contribution < 1.29 is 0 Å². The van der Waals surface area contributed by atoms with Crippen molar-refractivity contribution in [3.05, 3.63) is 15.1 Å². The first-order valence-corrected chi connectivity index (χ1v) is 10.6. The molecule has 1 rings (SSSR count). The summed E-state index contributed by atoms with van der Waals surface area (Å²) in [5.41, 5.74) is 0.961. The second kappa shape index (κ2) is 5.37. The Labute approximate surface area is 124 Å². The van der Waals surface area contributed by atoms with Crippen LogP contribution in [0.25, 0.3) is 0 Å². The van der Waals surface area contributed by atoms with E-state index in [1.165, 1.54) is 16.4 Å². The smallest absolute Gasteiger partial charge is 0.0532 e. The van der Waals surface area contributed by atoms with Gasteiger partial charge in [0.25, 0.3) is 0 Å². The standard InChI is InChI=1S/C16H30P3/c1-14(2,3)11-17-12(15(4,5)6)19(10)13(18-11)16(7,8)9/h1-10H3/q+1. The average molecular weight is 315 g/mol. The molecule has 0 aliphatic heterocycles. The third-order valence-electron chi connectivity index (χ3n) is 3.07. The quantitative estimate of drug-likeness (QED) is 0.464. The van der Waals surface area contributed by atoms with Crippen LogP contribution in [0.15, 0.2) is 0 Å². The molecule has 0 N–H and O–H groups in total. The summed E-state index contributed by atoms with van der Waals surface area (Å²) in [4.78, 5) is 0. The van der Waals surface area contributed by atoms with Crippen LogP contribution in [0.3, 0.4) is 0 Å². The summed E-state index contributed by atoms with van der Waals surface area (Å²) in [7, 11) is 2.98. The molecule has 1 aromatic rings. The van der Waals surface area contributed by atoms with Crippen molar-refractivity contribution >= 4 is 23.9 Å². The summed E-state index contributed by atoms with van der Waals surface area (Å²) in [6.45, 7) is 23.9. The van der Waals surface area contributed by atoms with Crippen LogP contribution in [0.4, 0.5) is 0 Å². The zero-order valence-electron chi connectivity index (χ0n) is 14.3. The normalized spacial score (nSPS) is 15.6. The van der Waals surface area contributed by atoms with E-state index in [2.05, 4.69) is 69.0 Å². The molecular formula is C16H30P3+. The Morgan fingerprint density at radius 3 is 1.16 bits per heavy atom. The third kappa shape index (κ3) is 4.24. The highest BCUT2D eigenvalue weighted by atomic mass is 31.1. The maximum Gasteiger partial charge on any atom is 0.140 e. The largest absolute Gasteiger partial charge is 0.140 e. The molecule has 0 radical (unpaired) electrons. The maximum atomic E-state index is 2.48. The van der Waals surface area contributed by atoms with Crippen LogP contribution >= 0.6 is 23.9 Å². The van der Waals surface area contributed by atoms with Gasteiger partial charge in [0.2, 0.25) is 0 Å². The summed E-state index contributed by atoms with van der Waals surface area (Å²) >= 11 is 0. The Hall–Kier alpha value is 0.510. The van der Waals surface area contributed by atoms with Gasteiger partial charge in [0.15, 0.2) is 0 Å². The molecule has 0 unspecified atom stereocenters. The lowest BCUT2D eigenvalue weighted by Gasteiger charge is -2.24. The van der Waals surface area contributed by atoms with Crippen LogP contribution in [0.1, 0.15) is 77.4 Å². The molecule has 0 saturated heterocycles. The van der Waals surface area contributed by atoms with Crippen LogP contribution < -0.4 is 0 Å². The van der Waals surface area contributed by atoms with E-state index in [1.54, 1.807) is 15.1 Å². The first-order chi connectivity index (χ1) is 8.24. The number of hydrogen-bond donors (Lipinski definition) is 0. The summed E-state index contributed by atoms with van der Waals surface area (Å²) in [6, 6.07) is 0. The predicted octanol–water partition coefficient (Wildman–Crippen LogP) is 7.54. The molecule has 108 valence electrons. The Morgan fingerprint density at radius 2 is 0.947 bits per heavy atom. The molecule has 1 aromatic heterocycles. The minimum atomic E-state index is -0.0806. The van der Waals surface area contributed by atoms with Crippen LogP contribution in [0, 0.1) is 0 Å². The molecule has 0 aliphatic carbocycles. The van der Waals surface area contributed by atoms with Gasteiger partial charge in [-0.05, 0) is 0 Å². The van der Waals surface area contributed by atoms with Gasteiger partial charge in [-0.15, -0.1) is 0 Å². The molecule has 0 spiro atoms. The molecule has 3 heteroatoms.